The van der Waals surface area contributed by atoms with Crippen LogP contribution in [-0.4, -0.2) is 64.0 Å². The highest BCUT2D eigenvalue weighted by molar-refractivity contribution is 5.96. The molecule has 8 heteroatoms. The average molecular weight is 445 g/mol. The highest BCUT2D eigenvalue weighted by atomic mass is 16.5. The van der Waals surface area contributed by atoms with Gasteiger partial charge in [-0.25, -0.2) is 4.98 Å². The van der Waals surface area contributed by atoms with Gasteiger partial charge >= 0.3 is 0 Å². The lowest BCUT2D eigenvalue weighted by molar-refractivity contribution is -0.136. The van der Waals surface area contributed by atoms with Gasteiger partial charge in [0.05, 0.1) is 23.9 Å². The lowest BCUT2D eigenvalue weighted by Crippen LogP contribution is -2.61. The monoisotopic (exact) mass is 444 g/mol. The van der Waals surface area contributed by atoms with Crippen molar-refractivity contribution in [3.05, 3.63) is 11.8 Å². The van der Waals surface area contributed by atoms with E-state index in [-0.39, 0.29) is 30.3 Å². The third kappa shape index (κ3) is 4.19. The summed E-state index contributed by atoms with van der Waals surface area (Å²) in [5.41, 5.74) is -0.134. The fourth-order valence-corrected chi connectivity index (χ4v) is 6.77. The zero-order chi connectivity index (χ0) is 22.6. The van der Waals surface area contributed by atoms with Gasteiger partial charge in [0.1, 0.15) is 5.56 Å². The van der Waals surface area contributed by atoms with Crippen LogP contribution in [0.3, 0.4) is 0 Å². The standard InChI is InChI=1S/C24H36N4O4/c1-13(2)31-22-19(10-25-23(27-22)28-11-14(3)32-15(4)12-28)21(29)26-20-17-5-16-6-18(20)9-24(30,7-16)8-17/h10,13-18,20,30H,5-9,11-12H2,1-4H3,(H,26,29)/t14-,15+,16?,17?,18?,20-,24+. The van der Waals surface area contributed by atoms with E-state index in [1.54, 1.807) is 6.20 Å². The number of aliphatic hydroxyl groups is 1. The minimum atomic E-state index is -0.513. The highest BCUT2D eigenvalue weighted by Crippen LogP contribution is 2.55. The summed E-state index contributed by atoms with van der Waals surface area (Å²) in [6.45, 7) is 9.34. The second kappa shape index (κ2) is 8.13. The molecule has 2 heterocycles. The fraction of sp³-hybridized carbons (Fsp3) is 0.792. The first-order chi connectivity index (χ1) is 15.2. The van der Waals surface area contributed by atoms with Crippen LogP contribution in [0.15, 0.2) is 6.20 Å². The largest absolute Gasteiger partial charge is 0.474 e. The normalized spacial score (nSPS) is 38.2. The van der Waals surface area contributed by atoms with Crippen molar-refractivity contribution in [3.63, 3.8) is 0 Å². The van der Waals surface area contributed by atoms with Crippen LogP contribution >= 0.6 is 0 Å². The number of hydrogen-bond donors (Lipinski definition) is 2. The number of nitrogens with zero attached hydrogens (tertiary/aromatic N) is 3. The maximum Gasteiger partial charge on any atom is 0.258 e. The van der Waals surface area contributed by atoms with E-state index in [1.165, 1.54) is 0 Å². The van der Waals surface area contributed by atoms with Crippen LogP contribution in [0.25, 0.3) is 0 Å². The second-order valence-corrected chi connectivity index (χ2v) is 10.9. The van der Waals surface area contributed by atoms with E-state index in [1.807, 2.05) is 27.7 Å². The van der Waals surface area contributed by atoms with Gasteiger partial charge in [0, 0.05) is 25.3 Å². The number of amides is 1. The van der Waals surface area contributed by atoms with Crippen LogP contribution in [0.2, 0.25) is 0 Å². The smallest absolute Gasteiger partial charge is 0.258 e. The van der Waals surface area contributed by atoms with E-state index in [2.05, 4.69) is 20.2 Å². The number of rotatable bonds is 5. The van der Waals surface area contributed by atoms with E-state index < -0.39 is 5.60 Å². The van der Waals surface area contributed by atoms with Crippen molar-refractivity contribution < 1.29 is 19.4 Å². The summed E-state index contributed by atoms with van der Waals surface area (Å²) in [6, 6.07) is 0.104. The van der Waals surface area contributed by atoms with Gasteiger partial charge in [-0.2, -0.15) is 4.98 Å². The number of carbonyl (C=O) groups is 1. The molecule has 0 radical (unpaired) electrons. The van der Waals surface area contributed by atoms with E-state index in [4.69, 9.17) is 9.47 Å². The molecule has 1 saturated heterocycles. The summed E-state index contributed by atoms with van der Waals surface area (Å²) in [7, 11) is 0. The van der Waals surface area contributed by atoms with Gasteiger partial charge in [0.15, 0.2) is 0 Å². The first-order valence-corrected chi connectivity index (χ1v) is 12.2. The molecule has 4 saturated carbocycles. The van der Waals surface area contributed by atoms with Crippen LogP contribution in [0.1, 0.15) is 70.2 Å². The third-order valence-corrected chi connectivity index (χ3v) is 7.57. The topological polar surface area (TPSA) is 96.8 Å². The molecule has 0 aromatic carbocycles. The van der Waals surface area contributed by atoms with E-state index in [0.717, 1.165) is 32.1 Å². The zero-order valence-electron chi connectivity index (χ0n) is 19.6. The Morgan fingerprint density at radius 3 is 2.47 bits per heavy atom. The molecule has 4 atom stereocenters. The molecule has 32 heavy (non-hydrogen) atoms. The lowest BCUT2D eigenvalue weighted by Gasteiger charge is -2.58. The van der Waals surface area contributed by atoms with E-state index >= 15 is 0 Å². The lowest BCUT2D eigenvalue weighted by atomic mass is 9.52. The average Bonchev–Trinajstić information content (AvgIpc) is 2.68. The van der Waals surface area contributed by atoms with E-state index in [0.29, 0.717) is 48.2 Å². The summed E-state index contributed by atoms with van der Waals surface area (Å²) in [5.74, 6) is 2.02. The highest BCUT2D eigenvalue weighted by Gasteiger charge is 2.55. The molecule has 4 aliphatic carbocycles. The van der Waals surface area contributed by atoms with Crippen LogP contribution in [0.5, 0.6) is 5.88 Å². The molecule has 1 aromatic heterocycles. The van der Waals surface area contributed by atoms with Crippen LogP contribution < -0.4 is 15.0 Å². The quantitative estimate of drug-likeness (QED) is 0.720. The van der Waals surface area contributed by atoms with Crippen molar-refractivity contribution in [1.82, 2.24) is 15.3 Å². The van der Waals surface area contributed by atoms with Gasteiger partial charge in [0.2, 0.25) is 11.8 Å². The Kier molecular flexibility index (Phi) is 5.56. The molecule has 4 bridgehead atoms. The molecule has 0 spiro atoms. The van der Waals surface area contributed by atoms with Crippen LogP contribution in [-0.2, 0) is 4.74 Å². The Hall–Kier alpha value is -1.93. The summed E-state index contributed by atoms with van der Waals surface area (Å²) in [5, 5.41) is 14.1. The SMILES string of the molecule is CC(C)Oc1nc(N2C[C@@H](C)O[C@@H](C)C2)ncc1C(=O)N[C@H]1C2CC3CC1C[C@@](O)(C3)C2. The number of hydrogen-bond acceptors (Lipinski definition) is 7. The predicted molar refractivity (Wildman–Crippen MR) is 120 cm³/mol. The number of morpholine rings is 1. The molecule has 5 aliphatic rings. The van der Waals surface area contributed by atoms with Gasteiger partial charge < -0.3 is 24.8 Å². The van der Waals surface area contributed by atoms with Gasteiger partial charge in [-0.05, 0) is 77.6 Å². The summed E-state index contributed by atoms with van der Waals surface area (Å²) in [6.07, 6.45) is 6.39. The Balaban J connectivity index is 1.36. The molecule has 1 amide bonds. The molecule has 5 fully saturated rings. The van der Waals surface area contributed by atoms with Crippen molar-refractivity contribution in [2.45, 2.75) is 89.8 Å². The Bertz CT molecular complexity index is 852. The maximum absolute atomic E-state index is 13.3. The van der Waals surface area contributed by atoms with Gasteiger partial charge in [-0.3, -0.25) is 4.79 Å². The molecular formula is C24H36N4O4. The van der Waals surface area contributed by atoms with Crippen molar-refractivity contribution in [3.8, 4) is 5.88 Å². The molecule has 176 valence electrons. The van der Waals surface area contributed by atoms with Crippen molar-refractivity contribution in [2.75, 3.05) is 18.0 Å². The minimum Gasteiger partial charge on any atom is -0.474 e. The first-order valence-electron chi connectivity index (χ1n) is 12.2. The molecule has 8 nitrogen and oxygen atoms in total. The van der Waals surface area contributed by atoms with Crippen molar-refractivity contribution in [2.24, 2.45) is 17.8 Å². The Morgan fingerprint density at radius 1 is 1.22 bits per heavy atom. The maximum atomic E-state index is 13.3. The Morgan fingerprint density at radius 2 is 1.88 bits per heavy atom. The number of nitrogens with one attached hydrogen (secondary N) is 1. The van der Waals surface area contributed by atoms with Crippen LogP contribution in [0, 0.1) is 17.8 Å². The molecule has 2 N–H and O–H groups in total. The van der Waals surface area contributed by atoms with Crippen LogP contribution in [0.4, 0.5) is 5.95 Å². The third-order valence-electron chi connectivity index (χ3n) is 7.57. The predicted octanol–water partition coefficient (Wildman–Crippen LogP) is 2.55. The van der Waals surface area contributed by atoms with Gasteiger partial charge in [0.25, 0.3) is 5.91 Å². The molecule has 1 aliphatic heterocycles. The molecule has 1 aromatic rings. The van der Waals surface area contributed by atoms with Crippen molar-refractivity contribution >= 4 is 11.9 Å². The van der Waals surface area contributed by atoms with E-state index in [9.17, 15) is 9.90 Å². The molecular weight excluding hydrogens is 408 g/mol. The van der Waals surface area contributed by atoms with Gasteiger partial charge in [-0.15, -0.1) is 0 Å². The molecule has 6 rings (SSSR count). The molecule has 2 unspecified atom stereocenters. The number of carbonyl (C=O) groups excluding carboxylic acids is 1. The number of anilines is 1. The number of aromatic nitrogens is 2. The first kappa shape index (κ1) is 21.9. The van der Waals surface area contributed by atoms with Gasteiger partial charge in [-0.1, -0.05) is 0 Å². The minimum absolute atomic E-state index is 0.0894. The second-order valence-electron chi connectivity index (χ2n) is 10.9. The Labute approximate surface area is 190 Å². The summed E-state index contributed by atoms with van der Waals surface area (Å²) >= 11 is 0. The van der Waals surface area contributed by atoms with Crippen molar-refractivity contribution in [1.29, 1.82) is 0 Å². The summed E-state index contributed by atoms with van der Waals surface area (Å²) < 4.78 is 11.8. The zero-order valence-corrected chi connectivity index (χ0v) is 19.6. The fourth-order valence-electron chi connectivity index (χ4n) is 6.77. The number of ether oxygens (including phenoxy) is 2. The summed E-state index contributed by atoms with van der Waals surface area (Å²) in [4.78, 5) is 24.6.